The van der Waals surface area contributed by atoms with Gasteiger partial charge < -0.3 is 4.42 Å². The van der Waals surface area contributed by atoms with Crippen molar-refractivity contribution in [2.45, 2.75) is 5.11 Å². The standard InChI is InChI=1S/C20H11B3O2/c21-20(22,23)19(24)13-10-8-12(9-11-13)14-5-3-6-16-15-4-1-2-7-17(15)25-18(14)16/h1-11H. The number of rotatable bonds is 3. The Balaban J connectivity index is 1.84. The Morgan fingerprint density at radius 2 is 1.48 bits per heavy atom. The first-order valence-corrected chi connectivity index (χ1v) is 7.87. The molecule has 6 radical (unpaired) electrons. The summed E-state index contributed by atoms with van der Waals surface area (Å²) in [6.45, 7) is 0. The van der Waals surface area contributed by atoms with Gasteiger partial charge in [-0.1, -0.05) is 65.8 Å². The average Bonchev–Trinajstić information content (AvgIpc) is 2.99. The van der Waals surface area contributed by atoms with Crippen LogP contribution in [0.1, 0.15) is 10.4 Å². The first-order chi connectivity index (χ1) is 11.9. The summed E-state index contributed by atoms with van der Waals surface area (Å²) >= 11 is 0. The van der Waals surface area contributed by atoms with E-state index in [1.807, 2.05) is 54.6 Å². The van der Waals surface area contributed by atoms with Crippen LogP contribution in [0, 0.1) is 0 Å². The smallest absolute Gasteiger partial charge is 0.144 e. The van der Waals surface area contributed by atoms with Gasteiger partial charge in [-0.25, -0.2) is 0 Å². The van der Waals surface area contributed by atoms with Gasteiger partial charge in [0.15, 0.2) is 0 Å². The Labute approximate surface area is 149 Å². The maximum absolute atomic E-state index is 12.1. The fourth-order valence-corrected chi connectivity index (χ4v) is 3.03. The molecule has 0 saturated carbocycles. The zero-order valence-electron chi connectivity index (χ0n) is 13.4. The normalized spacial score (nSPS) is 11.8. The largest absolute Gasteiger partial charge is 0.455 e. The van der Waals surface area contributed by atoms with Crippen molar-refractivity contribution in [3.8, 4) is 11.1 Å². The van der Waals surface area contributed by atoms with Crippen LogP contribution in [-0.2, 0) is 0 Å². The Bertz CT molecular complexity index is 1090. The third kappa shape index (κ3) is 2.70. The van der Waals surface area contributed by atoms with Crippen molar-refractivity contribution < 1.29 is 9.21 Å². The highest BCUT2D eigenvalue weighted by molar-refractivity contribution is 6.70. The van der Waals surface area contributed by atoms with Crippen LogP contribution >= 0.6 is 0 Å². The first kappa shape index (κ1) is 15.8. The minimum Gasteiger partial charge on any atom is -0.455 e. The minimum atomic E-state index is -1.87. The lowest BCUT2D eigenvalue weighted by atomic mass is 9.40. The molecule has 0 fully saturated rings. The van der Waals surface area contributed by atoms with Gasteiger partial charge in [-0.05, 0) is 11.6 Å². The van der Waals surface area contributed by atoms with Crippen molar-refractivity contribution in [2.24, 2.45) is 0 Å². The van der Waals surface area contributed by atoms with Crippen LogP contribution < -0.4 is 0 Å². The highest BCUT2D eigenvalue weighted by Crippen LogP contribution is 2.35. The Morgan fingerprint density at radius 1 is 0.800 bits per heavy atom. The number of para-hydroxylation sites is 2. The van der Waals surface area contributed by atoms with Crippen LogP contribution in [0.3, 0.4) is 0 Å². The Morgan fingerprint density at radius 3 is 2.20 bits per heavy atom. The van der Waals surface area contributed by atoms with Gasteiger partial charge >= 0.3 is 0 Å². The quantitative estimate of drug-likeness (QED) is 0.422. The number of Topliss-reactive ketones (excluding diaryl/α,β-unsaturated/α-hetero) is 1. The second-order valence-electron chi connectivity index (χ2n) is 6.12. The van der Waals surface area contributed by atoms with Crippen LogP contribution in [-0.4, -0.2) is 29.3 Å². The summed E-state index contributed by atoms with van der Waals surface area (Å²) in [5.74, 6) is -0.513. The Kier molecular flexibility index (Phi) is 3.61. The molecule has 112 valence electrons. The number of furan rings is 1. The molecule has 0 amide bonds. The van der Waals surface area contributed by atoms with E-state index in [-0.39, 0.29) is 0 Å². The maximum Gasteiger partial charge on any atom is 0.144 e. The molecule has 2 nitrogen and oxygen atoms in total. The molecule has 25 heavy (non-hydrogen) atoms. The summed E-state index contributed by atoms with van der Waals surface area (Å²) in [5, 5.41) is 0.253. The number of ketones is 1. The number of fused-ring (bicyclic) bond motifs is 3. The van der Waals surface area contributed by atoms with Crippen LogP contribution in [0.15, 0.2) is 71.1 Å². The van der Waals surface area contributed by atoms with Crippen molar-refractivity contribution >= 4 is 51.3 Å². The highest BCUT2D eigenvalue weighted by Gasteiger charge is 2.21. The molecule has 0 aliphatic rings. The molecule has 1 aromatic heterocycles. The summed E-state index contributed by atoms with van der Waals surface area (Å²) in [4.78, 5) is 12.1. The van der Waals surface area contributed by atoms with Gasteiger partial charge in [-0.2, -0.15) is 0 Å². The van der Waals surface area contributed by atoms with Gasteiger partial charge in [-0.3, -0.25) is 4.79 Å². The molecule has 0 atom stereocenters. The fourth-order valence-electron chi connectivity index (χ4n) is 3.03. The molecule has 0 spiro atoms. The Hall–Kier alpha value is -2.68. The van der Waals surface area contributed by atoms with E-state index in [0.717, 1.165) is 33.1 Å². The molecule has 0 bridgehead atoms. The van der Waals surface area contributed by atoms with Crippen molar-refractivity contribution in [3.63, 3.8) is 0 Å². The SMILES string of the molecule is [B]C([B])([B])C(=O)c1ccc(-c2cccc3c2oc2ccccc23)cc1. The molecule has 5 heteroatoms. The maximum atomic E-state index is 12.1. The summed E-state index contributed by atoms with van der Waals surface area (Å²) in [6.07, 6.45) is 0. The van der Waals surface area contributed by atoms with E-state index in [9.17, 15) is 4.79 Å². The zero-order valence-corrected chi connectivity index (χ0v) is 13.4. The van der Waals surface area contributed by atoms with Crippen LogP contribution in [0.2, 0.25) is 5.11 Å². The monoisotopic (exact) mass is 316 g/mol. The molecule has 3 aromatic carbocycles. The first-order valence-electron chi connectivity index (χ1n) is 7.87. The lowest BCUT2D eigenvalue weighted by Crippen LogP contribution is -2.24. The third-order valence-corrected chi connectivity index (χ3v) is 4.26. The molecular formula is C20H11B3O2. The molecular weight excluding hydrogens is 305 g/mol. The molecule has 1 heterocycles. The lowest BCUT2D eigenvalue weighted by Gasteiger charge is -2.18. The van der Waals surface area contributed by atoms with E-state index in [1.165, 1.54) is 0 Å². The van der Waals surface area contributed by atoms with Crippen molar-refractivity contribution in [2.75, 3.05) is 0 Å². The third-order valence-electron chi connectivity index (χ3n) is 4.26. The van der Waals surface area contributed by atoms with Gasteiger partial charge in [0.25, 0.3) is 0 Å². The van der Waals surface area contributed by atoms with Gasteiger partial charge in [0.2, 0.25) is 0 Å². The molecule has 0 N–H and O–H groups in total. The van der Waals surface area contributed by atoms with Crippen LogP contribution in [0.4, 0.5) is 0 Å². The van der Waals surface area contributed by atoms with Crippen molar-refractivity contribution in [1.82, 2.24) is 0 Å². The van der Waals surface area contributed by atoms with Gasteiger partial charge in [0.1, 0.15) is 16.9 Å². The lowest BCUT2D eigenvalue weighted by molar-refractivity contribution is 0.0993. The predicted octanol–water partition coefficient (Wildman–Crippen LogP) is 4.01. The number of hydrogen-bond donors (Lipinski definition) is 0. The average molecular weight is 316 g/mol. The summed E-state index contributed by atoms with van der Waals surface area (Å²) in [6, 6.07) is 20.9. The minimum absolute atomic E-state index is 0.369. The fraction of sp³-hybridized carbons (Fsp3) is 0.0500. The van der Waals surface area contributed by atoms with E-state index in [2.05, 4.69) is 0 Å². The van der Waals surface area contributed by atoms with E-state index in [0.29, 0.717) is 5.56 Å². The molecule has 0 saturated heterocycles. The molecule has 0 unspecified atom stereocenters. The summed E-state index contributed by atoms with van der Waals surface area (Å²) < 4.78 is 6.04. The number of carbonyl (C=O) groups is 1. The van der Waals surface area contributed by atoms with Gasteiger partial charge in [0, 0.05) is 21.9 Å². The zero-order chi connectivity index (χ0) is 17.6. The van der Waals surface area contributed by atoms with Gasteiger partial charge in [0.05, 0.1) is 23.5 Å². The summed E-state index contributed by atoms with van der Waals surface area (Å²) in [5.41, 5.74) is 3.91. The number of carbonyl (C=O) groups excluding carboxylic acids is 1. The number of hydrogen-bond acceptors (Lipinski definition) is 2. The van der Waals surface area contributed by atoms with Gasteiger partial charge in [-0.15, -0.1) is 0 Å². The van der Waals surface area contributed by atoms with Crippen molar-refractivity contribution in [1.29, 1.82) is 0 Å². The summed E-state index contributed by atoms with van der Waals surface area (Å²) in [7, 11) is 16.4. The molecule has 4 aromatic rings. The second kappa shape index (κ2) is 5.70. The van der Waals surface area contributed by atoms with Crippen LogP contribution in [0.5, 0.6) is 0 Å². The predicted molar refractivity (Wildman–Crippen MR) is 103 cm³/mol. The topological polar surface area (TPSA) is 30.2 Å². The molecule has 0 aliphatic heterocycles. The van der Waals surface area contributed by atoms with Crippen molar-refractivity contribution in [3.05, 3.63) is 72.3 Å². The molecule has 4 rings (SSSR count). The molecule has 0 aliphatic carbocycles. The van der Waals surface area contributed by atoms with E-state index < -0.39 is 10.9 Å². The van der Waals surface area contributed by atoms with E-state index in [1.54, 1.807) is 12.1 Å². The van der Waals surface area contributed by atoms with E-state index >= 15 is 0 Å². The van der Waals surface area contributed by atoms with Crippen LogP contribution in [0.25, 0.3) is 33.1 Å². The highest BCUT2D eigenvalue weighted by atomic mass is 16.3. The van der Waals surface area contributed by atoms with E-state index in [4.69, 9.17) is 28.0 Å². The second-order valence-corrected chi connectivity index (χ2v) is 6.12. The number of benzene rings is 3.